The van der Waals surface area contributed by atoms with Gasteiger partial charge < -0.3 is 15.1 Å². The predicted molar refractivity (Wildman–Crippen MR) is 126 cm³/mol. The standard InChI is InChI=1S/C26H29N3O3/c1-3-29(4-2)19-22-14-9-8-13-21(22)18-27-26(31)24(17-23-15-10-16-32-23)28-25(30)20-11-6-5-7-12-20/h5-17H,3-4,18-19H2,1-2H3,(H,27,31)(H,28,30)/b24-17-. The highest BCUT2D eigenvalue weighted by atomic mass is 16.3. The van der Waals surface area contributed by atoms with Gasteiger partial charge in [-0.25, -0.2) is 0 Å². The van der Waals surface area contributed by atoms with Crippen LogP contribution in [-0.4, -0.2) is 29.8 Å². The summed E-state index contributed by atoms with van der Waals surface area (Å²) in [5.74, 6) is -0.269. The van der Waals surface area contributed by atoms with Crippen LogP contribution >= 0.6 is 0 Å². The summed E-state index contributed by atoms with van der Waals surface area (Å²) in [5, 5.41) is 5.65. The largest absolute Gasteiger partial charge is 0.465 e. The van der Waals surface area contributed by atoms with Crippen molar-refractivity contribution < 1.29 is 14.0 Å². The summed E-state index contributed by atoms with van der Waals surface area (Å²) in [6.07, 6.45) is 3.04. The zero-order chi connectivity index (χ0) is 22.8. The Hall–Kier alpha value is -3.64. The molecule has 2 amide bonds. The van der Waals surface area contributed by atoms with Crippen LogP contribution in [-0.2, 0) is 17.9 Å². The second-order valence-electron chi connectivity index (χ2n) is 7.31. The van der Waals surface area contributed by atoms with Gasteiger partial charge in [0, 0.05) is 24.7 Å². The van der Waals surface area contributed by atoms with Gasteiger partial charge in [0.25, 0.3) is 11.8 Å². The zero-order valence-electron chi connectivity index (χ0n) is 18.5. The van der Waals surface area contributed by atoms with E-state index in [1.54, 1.807) is 36.4 Å². The lowest BCUT2D eigenvalue weighted by Crippen LogP contribution is -2.35. The molecule has 1 aromatic heterocycles. The molecule has 0 saturated carbocycles. The highest BCUT2D eigenvalue weighted by Crippen LogP contribution is 2.13. The van der Waals surface area contributed by atoms with E-state index < -0.39 is 0 Å². The van der Waals surface area contributed by atoms with Crippen molar-refractivity contribution in [2.45, 2.75) is 26.9 Å². The molecule has 6 heteroatoms. The summed E-state index contributed by atoms with van der Waals surface area (Å²) in [4.78, 5) is 28.0. The van der Waals surface area contributed by atoms with Gasteiger partial charge in [-0.2, -0.15) is 0 Å². The first-order valence-corrected chi connectivity index (χ1v) is 10.8. The second-order valence-corrected chi connectivity index (χ2v) is 7.31. The molecule has 0 fully saturated rings. The Morgan fingerprint density at radius 3 is 2.25 bits per heavy atom. The first-order chi connectivity index (χ1) is 15.6. The number of benzene rings is 2. The normalized spacial score (nSPS) is 11.4. The third-order valence-electron chi connectivity index (χ3n) is 5.20. The van der Waals surface area contributed by atoms with Crippen molar-refractivity contribution in [3.05, 3.63) is 101 Å². The molecule has 2 N–H and O–H groups in total. The monoisotopic (exact) mass is 431 g/mol. The smallest absolute Gasteiger partial charge is 0.268 e. The van der Waals surface area contributed by atoms with Gasteiger partial charge >= 0.3 is 0 Å². The summed E-state index contributed by atoms with van der Waals surface area (Å²) < 4.78 is 5.34. The maximum Gasteiger partial charge on any atom is 0.268 e. The number of rotatable bonds is 10. The van der Waals surface area contributed by atoms with Crippen molar-refractivity contribution in [2.75, 3.05) is 13.1 Å². The van der Waals surface area contributed by atoms with E-state index in [0.717, 1.165) is 25.2 Å². The Balaban J connectivity index is 1.74. The summed E-state index contributed by atoms with van der Waals surface area (Å²) in [6, 6.07) is 20.3. The maximum absolute atomic E-state index is 13.0. The molecule has 3 rings (SSSR count). The van der Waals surface area contributed by atoms with E-state index in [2.05, 4.69) is 35.4 Å². The van der Waals surface area contributed by atoms with Crippen LogP contribution in [0.1, 0.15) is 41.1 Å². The van der Waals surface area contributed by atoms with Crippen molar-refractivity contribution in [2.24, 2.45) is 0 Å². The Labute approximate surface area is 188 Å². The average Bonchev–Trinajstić information content (AvgIpc) is 3.35. The van der Waals surface area contributed by atoms with E-state index in [1.165, 1.54) is 17.9 Å². The third kappa shape index (κ3) is 6.43. The second kappa shape index (κ2) is 11.7. The Morgan fingerprint density at radius 1 is 0.906 bits per heavy atom. The van der Waals surface area contributed by atoms with E-state index in [-0.39, 0.29) is 17.5 Å². The number of nitrogens with one attached hydrogen (secondary N) is 2. The lowest BCUT2D eigenvalue weighted by atomic mass is 10.1. The predicted octanol–water partition coefficient (Wildman–Crippen LogP) is 4.21. The Bertz CT molecular complexity index is 1040. The van der Waals surface area contributed by atoms with Crippen molar-refractivity contribution >= 4 is 17.9 Å². The number of hydrogen-bond acceptors (Lipinski definition) is 4. The van der Waals surface area contributed by atoms with Gasteiger partial charge in [-0.15, -0.1) is 0 Å². The molecule has 0 radical (unpaired) electrons. The molecule has 0 unspecified atom stereocenters. The van der Waals surface area contributed by atoms with Crippen LogP contribution in [0.2, 0.25) is 0 Å². The van der Waals surface area contributed by atoms with Crippen molar-refractivity contribution in [1.82, 2.24) is 15.5 Å². The summed E-state index contributed by atoms with van der Waals surface area (Å²) in [5.41, 5.74) is 2.80. The van der Waals surface area contributed by atoms with Crippen LogP contribution in [0, 0.1) is 0 Å². The molecule has 0 aliphatic carbocycles. The van der Waals surface area contributed by atoms with Gasteiger partial charge in [0.1, 0.15) is 11.5 Å². The number of furan rings is 1. The molecule has 1 heterocycles. The van der Waals surface area contributed by atoms with E-state index in [4.69, 9.17) is 4.42 Å². The van der Waals surface area contributed by atoms with Crippen molar-refractivity contribution in [3.63, 3.8) is 0 Å². The maximum atomic E-state index is 13.0. The van der Waals surface area contributed by atoms with Gasteiger partial charge in [-0.3, -0.25) is 14.5 Å². The lowest BCUT2D eigenvalue weighted by Gasteiger charge is -2.20. The average molecular weight is 432 g/mol. The Kier molecular flexibility index (Phi) is 8.40. The minimum absolute atomic E-state index is 0.120. The highest BCUT2D eigenvalue weighted by molar-refractivity contribution is 6.05. The number of hydrogen-bond donors (Lipinski definition) is 2. The van der Waals surface area contributed by atoms with Gasteiger partial charge in [0.2, 0.25) is 0 Å². The van der Waals surface area contributed by atoms with E-state index >= 15 is 0 Å². The summed E-state index contributed by atoms with van der Waals surface area (Å²) in [7, 11) is 0. The molecular weight excluding hydrogens is 402 g/mol. The molecule has 0 saturated heterocycles. The molecule has 0 spiro atoms. The minimum Gasteiger partial charge on any atom is -0.465 e. The number of carbonyl (C=O) groups excluding carboxylic acids is 2. The zero-order valence-corrected chi connectivity index (χ0v) is 18.5. The quantitative estimate of drug-likeness (QED) is 0.472. The van der Waals surface area contributed by atoms with Gasteiger partial charge in [-0.1, -0.05) is 56.3 Å². The summed E-state index contributed by atoms with van der Waals surface area (Å²) in [6.45, 7) is 7.35. The van der Waals surface area contributed by atoms with Crippen molar-refractivity contribution in [3.8, 4) is 0 Å². The molecule has 2 aromatic carbocycles. The van der Waals surface area contributed by atoms with Crippen LogP contribution in [0.3, 0.4) is 0 Å². The van der Waals surface area contributed by atoms with Gasteiger partial charge in [-0.05, 0) is 48.5 Å². The highest BCUT2D eigenvalue weighted by Gasteiger charge is 2.16. The third-order valence-corrected chi connectivity index (χ3v) is 5.20. The number of amides is 2. The number of nitrogens with zero attached hydrogens (tertiary/aromatic N) is 1. The Morgan fingerprint density at radius 2 is 1.59 bits per heavy atom. The molecule has 6 nitrogen and oxygen atoms in total. The van der Waals surface area contributed by atoms with Crippen LogP contribution in [0.15, 0.2) is 83.1 Å². The fourth-order valence-electron chi connectivity index (χ4n) is 3.30. The van der Waals surface area contributed by atoms with Gasteiger partial charge in [0.15, 0.2) is 0 Å². The fraction of sp³-hybridized carbons (Fsp3) is 0.231. The topological polar surface area (TPSA) is 74.6 Å². The van der Waals surface area contributed by atoms with Crippen LogP contribution in [0.4, 0.5) is 0 Å². The van der Waals surface area contributed by atoms with Crippen LogP contribution in [0.5, 0.6) is 0 Å². The van der Waals surface area contributed by atoms with E-state index in [1.807, 2.05) is 24.3 Å². The van der Waals surface area contributed by atoms with E-state index in [9.17, 15) is 9.59 Å². The molecule has 0 bridgehead atoms. The van der Waals surface area contributed by atoms with Crippen molar-refractivity contribution in [1.29, 1.82) is 0 Å². The first-order valence-electron chi connectivity index (χ1n) is 10.8. The molecule has 0 aliphatic heterocycles. The molecule has 0 aliphatic rings. The minimum atomic E-state index is -0.386. The molecule has 166 valence electrons. The molecule has 0 atom stereocenters. The van der Waals surface area contributed by atoms with E-state index in [0.29, 0.717) is 17.9 Å². The lowest BCUT2D eigenvalue weighted by molar-refractivity contribution is -0.117. The summed E-state index contributed by atoms with van der Waals surface area (Å²) >= 11 is 0. The first kappa shape index (κ1) is 23.0. The molecule has 3 aromatic rings. The van der Waals surface area contributed by atoms with Crippen LogP contribution in [0.25, 0.3) is 6.08 Å². The van der Waals surface area contributed by atoms with Gasteiger partial charge in [0.05, 0.1) is 6.26 Å². The molecular formula is C26H29N3O3. The SMILES string of the molecule is CCN(CC)Cc1ccccc1CNC(=O)/C(=C/c1ccco1)NC(=O)c1ccccc1. The van der Waals surface area contributed by atoms with Crippen LogP contribution < -0.4 is 10.6 Å². The fourth-order valence-corrected chi connectivity index (χ4v) is 3.30. The number of carbonyl (C=O) groups is 2. The molecule has 32 heavy (non-hydrogen) atoms.